The van der Waals surface area contributed by atoms with Crippen LogP contribution in [0.25, 0.3) is 0 Å². The van der Waals surface area contributed by atoms with Gasteiger partial charge in [-0.2, -0.15) is 5.10 Å². The zero-order valence-corrected chi connectivity index (χ0v) is 10.8. The lowest BCUT2D eigenvalue weighted by Crippen LogP contribution is -2.28. The molecule has 0 bridgehead atoms. The maximum absolute atomic E-state index is 5.72. The first-order valence-electron chi connectivity index (χ1n) is 6.37. The molecule has 2 N–H and O–H groups in total. The molecular formula is C14H20N4. The second-order valence-corrected chi connectivity index (χ2v) is 4.35. The van der Waals surface area contributed by atoms with Crippen molar-refractivity contribution >= 4 is 11.4 Å². The van der Waals surface area contributed by atoms with Crippen LogP contribution in [0.4, 0.5) is 11.4 Å². The number of benzene rings is 1. The predicted molar refractivity (Wildman–Crippen MR) is 75.6 cm³/mol. The van der Waals surface area contributed by atoms with Crippen molar-refractivity contribution < 1.29 is 0 Å². The lowest BCUT2D eigenvalue weighted by molar-refractivity contribution is 0.593. The number of hydrogen-bond acceptors (Lipinski definition) is 3. The molecule has 2 rings (SSSR count). The van der Waals surface area contributed by atoms with Crippen LogP contribution in [0.1, 0.15) is 13.3 Å². The van der Waals surface area contributed by atoms with Gasteiger partial charge in [0.2, 0.25) is 0 Å². The summed E-state index contributed by atoms with van der Waals surface area (Å²) in [6, 6.07) is 10.0. The fraction of sp³-hybridized carbons (Fsp3) is 0.357. The van der Waals surface area contributed by atoms with Crippen molar-refractivity contribution in [1.82, 2.24) is 9.78 Å². The van der Waals surface area contributed by atoms with E-state index in [1.165, 1.54) is 5.69 Å². The molecule has 0 fully saturated rings. The predicted octanol–water partition coefficient (Wildman–Crippen LogP) is 2.38. The van der Waals surface area contributed by atoms with E-state index < -0.39 is 0 Å². The third-order valence-corrected chi connectivity index (χ3v) is 2.91. The largest absolute Gasteiger partial charge is 0.399 e. The molecule has 0 aliphatic heterocycles. The molecule has 0 saturated carbocycles. The van der Waals surface area contributed by atoms with Gasteiger partial charge in [-0.05, 0) is 36.8 Å². The van der Waals surface area contributed by atoms with Crippen molar-refractivity contribution in [3.8, 4) is 0 Å². The van der Waals surface area contributed by atoms with Gasteiger partial charge in [-0.25, -0.2) is 0 Å². The molecule has 2 aromatic rings. The van der Waals surface area contributed by atoms with E-state index in [-0.39, 0.29) is 0 Å². The lowest BCUT2D eigenvalue weighted by atomic mass is 10.2. The molecule has 4 nitrogen and oxygen atoms in total. The molecule has 1 aromatic carbocycles. The summed E-state index contributed by atoms with van der Waals surface area (Å²) >= 11 is 0. The zero-order valence-electron chi connectivity index (χ0n) is 10.8. The van der Waals surface area contributed by atoms with Gasteiger partial charge in [0.15, 0.2) is 0 Å². The van der Waals surface area contributed by atoms with Crippen LogP contribution in [0.2, 0.25) is 0 Å². The highest BCUT2D eigenvalue weighted by Crippen LogP contribution is 2.16. The summed E-state index contributed by atoms with van der Waals surface area (Å²) in [5, 5.41) is 4.23. The number of aromatic nitrogens is 2. The van der Waals surface area contributed by atoms with Crippen LogP contribution in [0.5, 0.6) is 0 Å². The number of rotatable bonds is 6. The van der Waals surface area contributed by atoms with E-state index in [0.717, 1.165) is 31.7 Å². The number of nitrogen functional groups attached to an aromatic ring is 1. The Hall–Kier alpha value is -1.97. The number of hydrogen-bond donors (Lipinski definition) is 1. The number of nitrogens with two attached hydrogens (primary N) is 1. The van der Waals surface area contributed by atoms with E-state index >= 15 is 0 Å². The molecule has 4 heteroatoms. The summed E-state index contributed by atoms with van der Waals surface area (Å²) in [7, 11) is 0. The summed E-state index contributed by atoms with van der Waals surface area (Å²) in [5.74, 6) is 0. The van der Waals surface area contributed by atoms with Gasteiger partial charge < -0.3 is 10.6 Å². The summed E-state index contributed by atoms with van der Waals surface area (Å²) in [6.45, 7) is 5.10. The molecule has 0 amide bonds. The minimum Gasteiger partial charge on any atom is -0.399 e. The smallest absolute Gasteiger partial charge is 0.0584 e. The minimum atomic E-state index is 0.808. The zero-order chi connectivity index (χ0) is 12.8. The van der Waals surface area contributed by atoms with Gasteiger partial charge in [0, 0.05) is 36.9 Å². The monoisotopic (exact) mass is 244 g/mol. The quantitative estimate of drug-likeness (QED) is 0.794. The Bertz CT molecular complexity index is 447. The SMILES string of the molecule is CCCN(CCn1cccn1)c1ccc(N)cc1. The summed E-state index contributed by atoms with van der Waals surface area (Å²) < 4.78 is 1.96. The molecule has 0 atom stereocenters. The summed E-state index contributed by atoms with van der Waals surface area (Å²) in [5.41, 5.74) is 7.75. The van der Waals surface area contributed by atoms with Crippen LogP contribution in [0.15, 0.2) is 42.7 Å². The highest BCUT2D eigenvalue weighted by molar-refractivity contribution is 5.53. The maximum atomic E-state index is 5.72. The molecule has 0 radical (unpaired) electrons. The van der Waals surface area contributed by atoms with Gasteiger partial charge >= 0.3 is 0 Å². The topological polar surface area (TPSA) is 47.1 Å². The van der Waals surface area contributed by atoms with E-state index in [1.807, 2.05) is 35.3 Å². The first-order chi connectivity index (χ1) is 8.79. The van der Waals surface area contributed by atoms with Crippen molar-refractivity contribution in [2.75, 3.05) is 23.7 Å². The van der Waals surface area contributed by atoms with E-state index in [2.05, 4.69) is 29.1 Å². The van der Waals surface area contributed by atoms with Gasteiger partial charge in [-0.1, -0.05) is 6.92 Å². The molecule has 0 unspecified atom stereocenters. The van der Waals surface area contributed by atoms with E-state index in [9.17, 15) is 0 Å². The first kappa shape index (κ1) is 12.5. The van der Waals surface area contributed by atoms with E-state index in [0.29, 0.717) is 0 Å². The minimum absolute atomic E-state index is 0.808. The normalized spacial score (nSPS) is 10.5. The van der Waals surface area contributed by atoms with Gasteiger partial charge in [-0.15, -0.1) is 0 Å². The molecule has 0 aliphatic carbocycles. The highest BCUT2D eigenvalue weighted by atomic mass is 15.3. The molecule has 0 aliphatic rings. The van der Waals surface area contributed by atoms with Gasteiger partial charge in [0.05, 0.1) is 6.54 Å². The first-order valence-corrected chi connectivity index (χ1v) is 6.37. The molecular weight excluding hydrogens is 224 g/mol. The molecule has 18 heavy (non-hydrogen) atoms. The van der Waals surface area contributed by atoms with Crippen LogP contribution in [-0.4, -0.2) is 22.9 Å². The van der Waals surface area contributed by atoms with Crippen molar-refractivity contribution in [3.63, 3.8) is 0 Å². The van der Waals surface area contributed by atoms with Crippen LogP contribution >= 0.6 is 0 Å². The Morgan fingerprint density at radius 2 is 2.00 bits per heavy atom. The Balaban J connectivity index is 2.01. The second kappa shape index (κ2) is 6.10. The van der Waals surface area contributed by atoms with Crippen LogP contribution in [0.3, 0.4) is 0 Å². The third-order valence-electron chi connectivity index (χ3n) is 2.91. The van der Waals surface area contributed by atoms with Crippen molar-refractivity contribution in [2.24, 2.45) is 0 Å². The fourth-order valence-electron chi connectivity index (χ4n) is 1.98. The van der Waals surface area contributed by atoms with Crippen LogP contribution < -0.4 is 10.6 Å². The number of anilines is 2. The second-order valence-electron chi connectivity index (χ2n) is 4.35. The fourth-order valence-corrected chi connectivity index (χ4v) is 1.98. The van der Waals surface area contributed by atoms with Gasteiger partial charge in [0.1, 0.15) is 0 Å². The standard InChI is InChI=1S/C14H20N4/c1-2-9-17(11-12-18-10-3-8-16-18)14-6-4-13(15)5-7-14/h3-8,10H,2,9,11-12,15H2,1H3. The maximum Gasteiger partial charge on any atom is 0.0584 e. The van der Waals surface area contributed by atoms with Crippen molar-refractivity contribution in [1.29, 1.82) is 0 Å². The lowest BCUT2D eigenvalue weighted by Gasteiger charge is -2.24. The molecule has 96 valence electrons. The Morgan fingerprint density at radius 1 is 1.22 bits per heavy atom. The third kappa shape index (κ3) is 3.26. The summed E-state index contributed by atoms with van der Waals surface area (Å²) in [6.07, 6.45) is 4.93. The molecule has 0 spiro atoms. The molecule has 0 saturated heterocycles. The van der Waals surface area contributed by atoms with Gasteiger partial charge in [0.25, 0.3) is 0 Å². The van der Waals surface area contributed by atoms with Crippen LogP contribution in [0, 0.1) is 0 Å². The van der Waals surface area contributed by atoms with Crippen LogP contribution in [-0.2, 0) is 6.54 Å². The Morgan fingerprint density at radius 3 is 2.61 bits per heavy atom. The highest BCUT2D eigenvalue weighted by Gasteiger charge is 2.05. The molecule has 1 aromatic heterocycles. The van der Waals surface area contributed by atoms with E-state index in [1.54, 1.807) is 0 Å². The van der Waals surface area contributed by atoms with Crippen molar-refractivity contribution in [3.05, 3.63) is 42.7 Å². The van der Waals surface area contributed by atoms with Gasteiger partial charge in [-0.3, -0.25) is 4.68 Å². The summed E-state index contributed by atoms with van der Waals surface area (Å²) in [4.78, 5) is 2.36. The Labute approximate surface area is 108 Å². The average Bonchev–Trinajstić information content (AvgIpc) is 2.89. The van der Waals surface area contributed by atoms with Crippen molar-refractivity contribution in [2.45, 2.75) is 19.9 Å². The Kier molecular flexibility index (Phi) is 4.23. The van der Waals surface area contributed by atoms with E-state index in [4.69, 9.17) is 5.73 Å². The molecule has 1 heterocycles. The number of nitrogens with zero attached hydrogens (tertiary/aromatic N) is 3. The average molecular weight is 244 g/mol.